The van der Waals surface area contributed by atoms with Crippen molar-refractivity contribution in [2.24, 2.45) is 0 Å². The van der Waals surface area contributed by atoms with Crippen molar-refractivity contribution >= 4 is 16.7 Å². The van der Waals surface area contributed by atoms with E-state index in [2.05, 4.69) is 21.4 Å². The minimum absolute atomic E-state index is 0.197. The Balaban J connectivity index is 2.40. The van der Waals surface area contributed by atoms with Crippen molar-refractivity contribution in [2.45, 2.75) is 6.42 Å². The second-order valence-electron chi connectivity index (χ2n) is 3.66. The summed E-state index contributed by atoms with van der Waals surface area (Å²) in [6.45, 7) is 0.379. The molecule has 5 nitrogen and oxygen atoms in total. The molecule has 0 radical (unpaired) electrons. The average Bonchev–Trinajstić information content (AvgIpc) is 2.39. The Labute approximate surface area is 103 Å². The number of carbonyl (C=O) groups excluding carboxylic acids is 1. The summed E-state index contributed by atoms with van der Waals surface area (Å²) < 4.78 is 0. The van der Waals surface area contributed by atoms with Gasteiger partial charge in [0.05, 0.1) is 5.39 Å². The van der Waals surface area contributed by atoms with E-state index < -0.39 is 0 Å². The summed E-state index contributed by atoms with van der Waals surface area (Å²) in [5.41, 5.74) is -0.118. The normalized spacial score (nSPS) is 9.94. The van der Waals surface area contributed by atoms with Crippen LogP contribution in [0.2, 0.25) is 0 Å². The topological polar surface area (TPSA) is 74.8 Å². The molecule has 1 aromatic heterocycles. The van der Waals surface area contributed by atoms with Gasteiger partial charge in [0.2, 0.25) is 0 Å². The maximum absolute atomic E-state index is 11.9. The molecule has 2 N–H and O–H groups in total. The Morgan fingerprint density at radius 2 is 2.11 bits per heavy atom. The summed E-state index contributed by atoms with van der Waals surface area (Å²) >= 11 is 0. The van der Waals surface area contributed by atoms with Crippen molar-refractivity contribution in [1.82, 2.24) is 15.5 Å². The first-order chi connectivity index (χ1) is 8.74. The predicted molar refractivity (Wildman–Crippen MR) is 68.1 cm³/mol. The third-order valence-corrected chi connectivity index (χ3v) is 2.47. The molecule has 0 bridgehead atoms. The number of aromatic amines is 1. The second-order valence-corrected chi connectivity index (χ2v) is 3.66. The standard InChI is InChI=1S/C13H11N3O2/c1-2-3-8-14-13(18)11-9-6-4-5-7-10(9)12(17)16-15-11/h1,4-7H,3,8H2,(H,14,18)(H,16,17). The van der Waals surface area contributed by atoms with Crippen LogP contribution in [-0.4, -0.2) is 22.6 Å². The van der Waals surface area contributed by atoms with Gasteiger partial charge in [-0.15, -0.1) is 12.3 Å². The number of nitrogens with zero attached hydrogens (tertiary/aromatic N) is 1. The van der Waals surface area contributed by atoms with Crippen LogP contribution in [0.1, 0.15) is 16.9 Å². The number of benzene rings is 1. The monoisotopic (exact) mass is 241 g/mol. The third-order valence-electron chi connectivity index (χ3n) is 2.47. The van der Waals surface area contributed by atoms with Gasteiger partial charge < -0.3 is 5.32 Å². The molecule has 0 saturated carbocycles. The van der Waals surface area contributed by atoms with Crippen molar-refractivity contribution < 1.29 is 4.79 Å². The van der Waals surface area contributed by atoms with Crippen LogP contribution in [0.25, 0.3) is 10.8 Å². The quantitative estimate of drug-likeness (QED) is 0.613. The van der Waals surface area contributed by atoms with Crippen molar-refractivity contribution in [2.75, 3.05) is 6.54 Å². The van der Waals surface area contributed by atoms with Crippen molar-refractivity contribution in [3.8, 4) is 12.3 Å². The van der Waals surface area contributed by atoms with Gasteiger partial charge in [0.1, 0.15) is 0 Å². The molecular formula is C13H11N3O2. The van der Waals surface area contributed by atoms with Crippen LogP contribution in [0.3, 0.4) is 0 Å². The first-order valence-corrected chi connectivity index (χ1v) is 5.43. The fraction of sp³-hybridized carbons (Fsp3) is 0.154. The van der Waals surface area contributed by atoms with Gasteiger partial charge in [-0.1, -0.05) is 18.2 Å². The Morgan fingerprint density at radius 3 is 2.83 bits per heavy atom. The number of hydrogen-bond acceptors (Lipinski definition) is 3. The van der Waals surface area contributed by atoms with Gasteiger partial charge in [0, 0.05) is 18.4 Å². The number of nitrogens with one attached hydrogen (secondary N) is 2. The number of rotatable bonds is 3. The molecule has 90 valence electrons. The van der Waals surface area contributed by atoms with Crippen LogP contribution in [0.5, 0.6) is 0 Å². The minimum atomic E-state index is -0.349. The number of hydrogen-bond donors (Lipinski definition) is 2. The first kappa shape index (κ1) is 11.9. The summed E-state index contributed by atoms with van der Waals surface area (Å²) in [6.07, 6.45) is 5.55. The van der Waals surface area contributed by atoms with Crippen LogP contribution >= 0.6 is 0 Å². The van der Waals surface area contributed by atoms with E-state index in [1.54, 1.807) is 24.3 Å². The van der Waals surface area contributed by atoms with E-state index in [0.29, 0.717) is 23.7 Å². The lowest BCUT2D eigenvalue weighted by molar-refractivity contribution is 0.0950. The van der Waals surface area contributed by atoms with Crippen LogP contribution in [0.4, 0.5) is 0 Å². The lowest BCUT2D eigenvalue weighted by atomic mass is 10.1. The van der Waals surface area contributed by atoms with Gasteiger partial charge in [0.15, 0.2) is 5.69 Å². The largest absolute Gasteiger partial charge is 0.350 e. The third kappa shape index (κ3) is 2.23. The van der Waals surface area contributed by atoms with E-state index >= 15 is 0 Å². The van der Waals surface area contributed by atoms with E-state index in [0.717, 1.165) is 0 Å². The number of H-pyrrole nitrogens is 1. The molecule has 0 aliphatic heterocycles. The zero-order valence-electron chi connectivity index (χ0n) is 9.56. The highest BCUT2D eigenvalue weighted by Crippen LogP contribution is 2.11. The predicted octanol–water partition coefficient (Wildman–Crippen LogP) is 0.676. The Hall–Kier alpha value is -2.61. The molecular weight excluding hydrogens is 230 g/mol. The van der Waals surface area contributed by atoms with Crippen LogP contribution in [0, 0.1) is 12.3 Å². The van der Waals surface area contributed by atoms with Crippen molar-refractivity contribution in [3.63, 3.8) is 0 Å². The van der Waals surface area contributed by atoms with E-state index in [1.165, 1.54) is 0 Å². The highest BCUT2D eigenvalue weighted by Gasteiger charge is 2.12. The van der Waals surface area contributed by atoms with Crippen molar-refractivity contribution in [3.05, 3.63) is 40.3 Å². The highest BCUT2D eigenvalue weighted by molar-refractivity contribution is 6.04. The number of terminal acetylenes is 1. The molecule has 0 fully saturated rings. The molecule has 0 aliphatic rings. The van der Waals surface area contributed by atoms with Gasteiger partial charge >= 0.3 is 0 Å². The number of fused-ring (bicyclic) bond motifs is 1. The molecule has 0 spiro atoms. The minimum Gasteiger partial charge on any atom is -0.350 e. The number of amides is 1. The summed E-state index contributed by atoms with van der Waals surface area (Å²) in [5.74, 6) is 2.08. The van der Waals surface area contributed by atoms with Gasteiger partial charge in [-0.05, 0) is 6.07 Å². The van der Waals surface area contributed by atoms with Gasteiger partial charge in [-0.3, -0.25) is 9.59 Å². The van der Waals surface area contributed by atoms with Crippen LogP contribution in [-0.2, 0) is 0 Å². The maximum atomic E-state index is 11.9. The van der Waals surface area contributed by atoms with E-state index in [4.69, 9.17) is 6.42 Å². The fourth-order valence-corrected chi connectivity index (χ4v) is 1.62. The Morgan fingerprint density at radius 1 is 1.39 bits per heavy atom. The van der Waals surface area contributed by atoms with Gasteiger partial charge in [0.25, 0.3) is 11.5 Å². The molecule has 1 heterocycles. The summed E-state index contributed by atoms with van der Waals surface area (Å²) in [5, 5.41) is 9.70. The molecule has 2 rings (SSSR count). The zero-order valence-corrected chi connectivity index (χ0v) is 9.56. The molecule has 0 saturated heterocycles. The van der Waals surface area contributed by atoms with Gasteiger partial charge in [-0.25, -0.2) is 5.10 Å². The fourth-order valence-electron chi connectivity index (χ4n) is 1.62. The van der Waals surface area contributed by atoms with Crippen LogP contribution < -0.4 is 10.9 Å². The molecule has 1 amide bonds. The highest BCUT2D eigenvalue weighted by atomic mass is 16.2. The first-order valence-electron chi connectivity index (χ1n) is 5.43. The SMILES string of the molecule is C#CCCNC(=O)c1n[nH]c(=O)c2ccccc12. The smallest absolute Gasteiger partial charge is 0.272 e. The summed E-state index contributed by atoms with van der Waals surface area (Å²) in [4.78, 5) is 23.4. The molecule has 2 aromatic rings. The van der Waals surface area contributed by atoms with E-state index in [1.807, 2.05) is 0 Å². The Kier molecular flexibility index (Phi) is 3.39. The van der Waals surface area contributed by atoms with Crippen LogP contribution in [0.15, 0.2) is 29.1 Å². The van der Waals surface area contributed by atoms with Crippen molar-refractivity contribution in [1.29, 1.82) is 0 Å². The number of aromatic nitrogens is 2. The maximum Gasteiger partial charge on any atom is 0.272 e. The lowest BCUT2D eigenvalue weighted by Gasteiger charge is -2.04. The molecule has 0 aliphatic carbocycles. The average molecular weight is 241 g/mol. The lowest BCUT2D eigenvalue weighted by Crippen LogP contribution is -2.27. The molecule has 5 heteroatoms. The Bertz CT molecular complexity index is 682. The molecule has 0 atom stereocenters. The number of carbonyl (C=O) groups is 1. The zero-order chi connectivity index (χ0) is 13.0. The molecule has 1 aromatic carbocycles. The second kappa shape index (κ2) is 5.15. The van der Waals surface area contributed by atoms with E-state index in [-0.39, 0.29) is 17.2 Å². The summed E-state index contributed by atoms with van der Waals surface area (Å²) in [7, 11) is 0. The molecule has 0 unspecified atom stereocenters. The van der Waals surface area contributed by atoms with E-state index in [9.17, 15) is 9.59 Å². The summed E-state index contributed by atoms with van der Waals surface area (Å²) in [6, 6.07) is 6.82. The van der Waals surface area contributed by atoms with Gasteiger partial charge in [-0.2, -0.15) is 5.10 Å². The molecule has 18 heavy (non-hydrogen) atoms.